The Kier molecular flexibility index (Phi) is 4.36. The van der Waals surface area contributed by atoms with Crippen LogP contribution in [0.5, 0.6) is 5.75 Å². The molecule has 2 rings (SSSR count). The minimum atomic E-state index is 0.123. The van der Waals surface area contributed by atoms with Crippen molar-refractivity contribution in [1.29, 1.82) is 0 Å². The minimum Gasteiger partial charge on any atom is -0.506 e. The number of nitrogens with zero attached hydrogens (tertiary/aromatic N) is 1. The molecule has 1 heterocycles. The standard InChI is InChI=1S/C12H13ClN2OS/c13-11-5-9(1-2-12(11)16)6-14-4-3-10-7-17-8-15-10/h1-2,5,7-8,14,16H,3-4,6H2. The molecule has 1 aromatic heterocycles. The Bertz CT molecular complexity index is 473. The van der Waals surface area contributed by atoms with Crippen LogP contribution >= 0.6 is 22.9 Å². The maximum atomic E-state index is 9.28. The van der Waals surface area contributed by atoms with Gasteiger partial charge in [0.25, 0.3) is 0 Å². The van der Waals surface area contributed by atoms with Crippen molar-refractivity contribution < 1.29 is 5.11 Å². The van der Waals surface area contributed by atoms with E-state index >= 15 is 0 Å². The van der Waals surface area contributed by atoms with Gasteiger partial charge in [-0.05, 0) is 17.7 Å². The summed E-state index contributed by atoms with van der Waals surface area (Å²) in [6.07, 6.45) is 0.926. The van der Waals surface area contributed by atoms with Gasteiger partial charge in [-0.1, -0.05) is 17.7 Å². The van der Waals surface area contributed by atoms with Crippen molar-refractivity contribution >= 4 is 22.9 Å². The van der Waals surface area contributed by atoms with Crippen molar-refractivity contribution in [3.63, 3.8) is 0 Å². The highest BCUT2D eigenvalue weighted by atomic mass is 35.5. The summed E-state index contributed by atoms with van der Waals surface area (Å²) in [5.41, 5.74) is 4.02. The van der Waals surface area contributed by atoms with Gasteiger partial charge in [-0.25, -0.2) is 4.98 Å². The van der Waals surface area contributed by atoms with E-state index in [0.717, 1.165) is 30.8 Å². The number of nitrogens with one attached hydrogen (secondary N) is 1. The van der Waals surface area contributed by atoms with Crippen molar-refractivity contribution in [2.45, 2.75) is 13.0 Å². The predicted molar refractivity (Wildman–Crippen MR) is 70.6 cm³/mol. The van der Waals surface area contributed by atoms with Crippen molar-refractivity contribution in [2.24, 2.45) is 0 Å². The highest BCUT2D eigenvalue weighted by Crippen LogP contribution is 2.23. The second-order valence-electron chi connectivity index (χ2n) is 3.69. The molecule has 90 valence electrons. The van der Waals surface area contributed by atoms with Gasteiger partial charge in [-0.2, -0.15) is 0 Å². The number of hydrogen-bond donors (Lipinski definition) is 2. The van der Waals surface area contributed by atoms with Gasteiger partial charge in [0.05, 0.1) is 16.2 Å². The average molecular weight is 269 g/mol. The van der Waals surface area contributed by atoms with Crippen LogP contribution in [0.25, 0.3) is 0 Å². The first-order chi connectivity index (χ1) is 8.25. The molecule has 0 aliphatic heterocycles. The SMILES string of the molecule is Oc1ccc(CNCCc2cscn2)cc1Cl. The summed E-state index contributed by atoms with van der Waals surface area (Å²) in [6.45, 7) is 1.62. The first kappa shape index (κ1) is 12.4. The Morgan fingerprint density at radius 3 is 3.00 bits per heavy atom. The van der Waals surface area contributed by atoms with Crippen LogP contribution in [-0.2, 0) is 13.0 Å². The fraction of sp³-hybridized carbons (Fsp3) is 0.250. The number of rotatable bonds is 5. The van der Waals surface area contributed by atoms with Gasteiger partial charge >= 0.3 is 0 Å². The third-order valence-electron chi connectivity index (χ3n) is 2.38. The zero-order chi connectivity index (χ0) is 12.1. The zero-order valence-corrected chi connectivity index (χ0v) is 10.8. The molecule has 17 heavy (non-hydrogen) atoms. The number of benzene rings is 1. The monoisotopic (exact) mass is 268 g/mol. The Labute approximate surface area is 109 Å². The van der Waals surface area contributed by atoms with Gasteiger partial charge < -0.3 is 10.4 Å². The van der Waals surface area contributed by atoms with E-state index in [1.54, 1.807) is 23.5 Å². The summed E-state index contributed by atoms with van der Waals surface area (Å²) < 4.78 is 0. The van der Waals surface area contributed by atoms with E-state index < -0.39 is 0 Å². The topological polar surface area (TPSA) is 45.1 Å². The molecule has 3 nitrogen and oxygen atoms in total. The fourth-order valence-electron chi connectivity index (χ4n) is 1.47. The van der Waals surface area contributed by atoms with Crippen LogP contribution < -0.4 is 5.32 Å². The van der Waals surface area contributed by atoms with E-state index in [2.05, 4.69) is 15.7 Å². The Morgan fingerprint density at radius 1 is 1.41 bits per heavy atom. The molecule has 2 aromatic rings. The molecule has 0 spiro atoms. The minimum absolute atomic E-state index is 0.123. The van der Waals surface area contributed by atoms with Gasteiger partial charge in [-0.15, -0.1) is 11.3 Å². The van der Waals surface area contributed by atoms with Crippen LogP contribution in [0.2, 0.25) is 5.02 Å². The number of thiazole rings is 1. The smallest absolute Gasteiger partial charge is 0.134 e. The quantitative estimate of drug-likeness (QED) is 0.820. The molecule has 1 aromatic carbocycles. The van der Waals surface area contributed by atoms with Crippen LogP contribution in [0.4, 0.5) is 0 Å². The lowest BCUT2D eigenvalue weighted by molar-refractivity contribution is 0.475. The maximum absolute atomic E-state index is 9.28. The molecule has 0 amide bonds. The molecule has 0 radical (unpaired) electrons. The molecular formula is C12H13ClN2OS. The average Bonchev–Trinajstić information content (AvgIpc) is 2.82. The van der Waals surface area contributed by atoms with E-state index in [1.807, 2.05) is 11.6 Å². The molecule has 2 N–H and O–H groups in total. The summed E-state index contributed by atoms with van der Waals surface area (Å²) >= 11 is 7.43. The molecule has 0 atom stereocenters. The number of phenolic OH excluding ortho intramolecular Hbond substituents is 1. The molecule has 0 bridgehead atoms. The van der Waals surface area contributed by atoms with E-state index in [0.29, 0.717) is 5.02 Å². The van der Waals surface area contributed by atoms with Crippen molar-refractivity contribution in [3.8, 4) is 5.75 Å². The van der Waals surface area contributed by atoms with Crippen LogP contribution in [0, 0.1) is 0 Å². The maximum Gasteiger partial charge on any atom is 0.134 e. The number of aromatic nitrogens is 1. The molecular weight excluding hydrogens is 256 g/mol. The van der Waals surface area contributed by atoms with Gasteiger partial charge in [0.2, 0.25) is 0 Å². The Morgan fingerprint density at radius 2 is 2.29 bits per heavy atom. The molecule has 5 heteroatoms. The van der Waals surface area contributed by atoms with Crippen molar-refractivity contribution in [1.82, 2.24) is 10.3 Å². The second kappa shape index (κ2) is 6.00. The Hall–Kier alpha value is -1.10. The summed E-state index contributed by atoms with van der Waals surface area (Å²) in [7, 11) is 0. The summed E-state index contributed by atoms with van der Waals surface area (Å²) in [4.78, 5) is 4.21. The zero-order valence-electron chi connectivity index (χ0n) is 9.19. The first-order valence-corrected chi connectivity index (χ1v) is 6.63. The van der Waals surface area contributed by atoms with Crippen LogP contribution in [-0.4, -0.2) is 16.6 Å². The largest absolute Gasteiger partial charge is 0.506 e. The number of hydrogen-bond acceptors (Lipinski definition) is 4. The highest BCUT2D eigenvalue weighted by molar-refractivity contribution is 7.07. The van der Waals surface area contributed by atoms with E-state index in [4.69, 9.17) is 11.6 Å². The number of aromatic hydroxyl groups is 1. The molecule has 0 saturated carbocycles. The summed E-state index contributed by atoms with van der Waals surface area (Å²) in [6, 6.07) is 5.24. The lowest BCUT2D eigenvalue weighted by Gasteiger charge is -2.05. The Balaban J connectivity index is 1.76. The van der Waals surface area contributed by atoms with Crippen LogP contribution in [0.3, 0.4) is 0 Å². The fourth-order valence-corrected chi connectivity index (χ4v) is 2.27. The van der Waals surface area contributed by atoms with Gasteiger partial charge in [-0.3, -0.25) is 0 Å². The number of halogens is 1. The lowest BCUT2D eigenvalue weighted by Crippen LogP contribution is -2.16. The van der Waals surface area contributed by atoms with Gasteiger partial charge in [0.15, 0.2) is 0 Å². The van der Waals surface area contributed by atoms with Crippen molar-refractivity contribution in [2.75, 3.05) is 6.54 Å². The molecule has 0 fully saturated rings. The molecule has 0 unspecified atom stereocenters. The number of phenols is 1. The molecule has 0 saturated heterocycles. The summed E-state index contributed by atoms with van der Waals surface area (Å²) in [5.74, 6) is 0.123. The third kappa shape index (κ3) is 3.70. The first-order valence-electron chi connectivity index (χ1n) is 5.31. The third-order valence-corrected chi connectivity index (χ3v) is 3.32. The normalized spacial score (nSPS) is 10.6. The van der Waals surface area contributed by atoms with E-state index in [9.17, 15) is 5.11 Å². The van der Waals surface area contributed by atoms with E-state index in [-0.39, 0.29) is 5.75 Å². The van der Waals surface area contributed by atoms with Crippen LogP contribution in [0.1, 0.15) is 11.3 Å². The molecule has 0 aliphatic rings. The second-order valence-corrected chi connectivity index (χ2v) is 4.82. The van der Waals surface area contributed by atoms with Gasteiger partial charge in [0, 0.05) is 24.9 Å². The van der Waals surface area contributed by atoms with E-state index in [1.165, 1.54) is 0 Å². The highest BCUT2D eigenvalue weighted by Gasteiger charge is 2.00. The van der Waals surface area contributed by atoms with Gasteiger partial charge in [0.1, 0.15) is 5.75 Å². The van der Waals surface area contributed by atoms with Crippen LogP contribution in [0.15, 0.2) is 29.1 Å². The molecule has 0 aliphatic carbocycles. The van der Waals surface area contributed by atoms with Crippen molar-refractivity contribution in [3.05, 3.63) is 45.4 Å². The lowest BCUT2D eigenvalue weighted by atomic mass is 10.2. The predicted octanol–water partition coefficient (Wildman–Crippen LogP) is 2.83. The summed E-state index contributed by atoms with van der Waals surface area (Å²) in [5, 5.41) is 15.0.